The summed E-state index contributed by atoms with van der Waals surface area (Å²) in [5.74, 6) is 0.527. The van der Waals surface area contributed by atoms with Gasteiger partial charge in [0.05, 0.1) is 6.54 Å². The van der Waals surface area contributed by atoms with Crippen molar-refractivity contribution in [2.45, 2.75) is 19.4 Å². The van der Waals surface area contributed by atoms with Crippen molar-refractivity contribution in [3.05, 3.63) is 71.5 Å². The van der Waals surface area contributed by atoms with E-state index in [0.717, 1.165) is 18.7 Å². The molecule has 4 nitrogen and oxygen atoms in total. The molecule has 1 heterocycles. The van der Waals surface area contributed by atoms with Crippen molar-refractivity contribution in [1.82, 2.24) is 9.80 Å². The highest BCUT2D eigenvalue weighted by molar-refractivity contribution is 5.85. The summed E-state index contributed by atoms with van der Waals surface area (Å²) < 4.78 is 13.4. The Morgan fingerprint density at radius 3 is 2.57 bits per heavy atom. The van der Waals surface area contributed by atoms with Crippen molar-refractivity contribution in [2.75, 3.05) is 32.7 Å². The van der Waals surface area contributed by atoms with Crippen molar-refractivity contribution < 1.29 is 9.18 Å². The second-order valence-corrected chi connectivity index (χ2v) is 7.24. The monoisotopic (exact) mass is 405 g/mol. The fourth-order valence-electron chi connectivity index (χ4n) is 3.93. The van der Waals surface area contributed by atoms with Gasteiger partial charge in [0.15, 0.2) is 0 Å². The number of hydrogen-bond donors (Lipinski definition) is 1. The second kappa shape index (κ2) is 10.6. The van der Waals surface area contributed by atoms with Gasteiger partial charge >= 0.3 is 0 Å². The minimum absolute atomic E-state index is 0. The Balaban J connectivity index is 0.00000280. The van der Waals surface area contributed by atoms with Crippen molar-refractivity contribution in [3.8, 4) is 0 Å². The Labute approximate surface area is 172 Å². The van der Waals surface area contributed by atoms with E-state index in [0.29, 0.717) is 38.0 Å². The number of halogens is 2. The van der Waals surface area contributed by atoms with E-state index in [4.69, 9.17) is 5.73 Å². The van der Waals surface area contributed by atoms with Crippen LogP contribution in [0.15, 0.2) is 54.6 Å². The Morgan fingerprint density at radius 2 is 1.93 bits per heavy atom. The van der Waals surface area contributed by atoms with Gasteiger partial charge in [0.25, 0.3) is 0 Å². The molecule has 1 aliphatic rings. The summed E-state index contributed by atoms with van der Waals surface area (Å²) in [7, 11) is 0. The van der Waals surface area contributed by atoms with E-state index in [1.807, 2.05) is 19.1 Å². The average Bonchev–Trinajstić information content (AvgIpc) is 3.09. The molecule has 1 fully saturated rings. The molecule has 2 aromatic rings. The fraction of sp³-hybridized carbons (Fsp3) is 0.409. The van der Waals surface area contributed by atoms with Gasteiger partial charge in [0.1, 0.15) is 5.82 Å². The van der Waals surface area contributed by atoms with Crippen LogP contribution in [0.25, 0.3) is 0 Å². The molecule has 0 radical (unpaired) electrons. The van der Waals surface area contributed by atoms with Crippen molar-refractivity contribution in [1.29, 1.82) is 0 Å². The summed E-state index contributed by atoms with van der Waals surface area (Å²) in [6.45, 7) is 5.66. The highest BCUT2D eigenvalue weighted by atomic mass is 35.5. The molecule has 1 aliphatic heterocycles. The van der Waals surface area contributed by atoms with Crippen LogP contribution in [0.4, 0.5) is 4.39 Å². The zero-order valence-corrected chi connectivity index (χ0v) is 17.1. The quantitative estimate of drug-likeness (QED) is 0.769. The first-order valence-electron chi connectivity index (χ1n) is 9.60. The standard InChI is InChI=1S/C22H28FN3O.ClH/c1-2-26(13-17-7-6-10-20(23)11-17)22(27)16-25-14-19(12-24)21(15-25)18-8-4-3-5-9-18;/h3-11,19,21H,2,12-16,24H2,1H3;1H/t19-,21+;/m1./s1. The average molecular weight is 406 g/mol. The number of nitrogens with zero attached hydrogens (tertiary/aromatic N) is 2. The molecule has 1 saturated heterocycles. The molecule has 0 bridgehead atoms. The van der Waals surface area contributed by atoms with Crippen molar-refractivity contribution in [3.63, 3.8) is 0 Å². The lowest BCUT2D eigenvalue weighted by Crippen LogP contribution is -2.39. The molecule has 2 aromatic carbocycles. The molecule has 0 unspecified atom stereocenters. The second-order valence-electron chi connectivity index (χ2n) is 7.24. The molecule has 0 aliphatic carbocycles. The molecule has 6 heteroatoms. The topological polar surface area (TPSA) is 49.6 Å². The third-order valence-corrected chi connectivity index (χ3v) is 5.40. The number of carbonyl (C=O) groups excluding carboxylic acids is 1. The van der Waals surface area contributed by atoms with Crippen LogP contribution in [0, 0.1) is 11.7 Å². The van der Waals surface area contributed by atoms with Gasteiger partial charge in [-0.05, 0) is 42.6 Å². The number of nitrogens with two attached hydrogens (primary N) is 1. The number of likely N-dealkylation sites (tertiary alicyclic amines) is 1. The third kappa shape index (κ3) is 5.53. The molecule has 3 rings (SSSR count). The third-order valence-electron chi connectivity index (χ3n) is 5.40. The van der Waals surface area contributed by atoms with E-state index in [9.17, 15) is 9.18 Å². The number of likely N-dealkylation sites (N-methyl/N-ethyl adjacent to an activating group) is 1. The summed E-state index contributed by atoms with van der Waals surface area (Å²) in [4.78, 5) is 16.8. The van der Waals surface area contributed by atoms with Gasteiger partial charge in [-0.3, -0.25) is 9.69 Å². The number of carbonyl (C=O) groups is 1. The minimum atomic E-state index is -0.271. The Kier molecular flexibility index (Phi) is 8.42. The maximum atomic E-state index is 13.4. The predicted molar refractivity (Wildman–Crippen MR) is 113 cm³/mol. The molecule has 0 aromatic heterocycles. The Hall–Kier alpha value is -1.95. The van der Waals surface area contributed by atoms with E-state index in [-0.39, 0.29) is 24.1 Å². The summed E-state index contributed by atoms with van der Waals surface area (Å²) in [5.41, 5.74) is 8.10. The molecule has 1 amide bonds. The van der Waals surface area contributed by atoms with Gasteiger partial charge in [-0.15, -0.1) is 12.4 Å². The number of benzene rings is 2. The van der Waals surface area contributed by atoms with E-state index in [1.54, 1.807) is 11.0 Å². The fourth-order valence-corrected chi connectivity index (χ4v) is 3.93. The van der Waals surface area contributed by atoms with Gasteiger partial charge < -0.3 is 10.6 Å². The first kappa shape index (κ1) is 22.3. The first-order valence-corrected chi connectivity index (χ1v) is 9.60. The molecule has 152 valence electrons. The van der Waals surface area contributed by atoms with Crippen LogP contribution in [0.2, 0.25) is 0 Å². The molecule has 0 saturated carbocycles. The molecular formula is C22H29ClFN3O. The van der Waals surface area contributed by atoms with Gasteiger partial charge in [-0.25, -0.2) is 4.39 Å². The predicted octanol–water partition coefficient (Wildman–Crippen LogP) is 3.27. The normalized spacial score (nSPS) is 19.2. The Bertz CT molecular complexity index is 758. The van der Waals surface area contributed by atoms with Crippen LogP contribution in [0.5, 0.6) is 0 Å². The minimum Gasteiger partial charge on any atom is -0.338 e. The summed E-state index contributed by atoms with van der Waals surface area (Å²) in [6, 6.07) is 16.8. The van der Waals surface area contributed by atoms with Crippen LogP contribution in [-0.2, 0) is 11.3 Å². The molecule has 2 atom stereocenters. The molecular weight excluding hydrogens is 377 g/mol. The summed E-state index contributed by atoms with van der Waals surface area (Å²) in [5, 5.41) is 0. The summed E-state index contributed by atoms with van der Waals surface area (Å²) >= 11 is 0. The molecule has 28 heavy (non-hydrogen) atoms. The number of rotatable bonds is 7. The number of hydrogen-bond acceptors (Lipinski definition) is 3. The SMILES string of the molecule is CCN(Cc1cccc(F)c1)C(=O)CN1C[C@@H](CN)[C@H](c2ccccc2)C1.Cl. The van der Waals surface area contributed by atoms with Gasteiger partial charge in [0.2, 0.25) is 5.91 Å². The first-order chi connectivity index (χ1) is 13.1. The van der Waals surface area contributed by atoms with Crippen LogP contribution in [0.1, 0.15) is 24.0 Å². The Morgan fingerprint density at radius 1 is 1.18 bits per heavy atom. The van der Waals surface area contributed by atoms with Gasteiger partial charge in [-0.1, -0.05) is 42.5 Å². The van der Waals surface area contributed by atoms with Crippen molar-refractivity contribution in [2.24, 2.45) is 11.7 Å². The van der Waals surface area contributed by atoms with Crippen LogP contribution >= 0.6 is 12.4 Å². The van der Waals surface area contributed by atoms with Gasteiger partial charge in [-0.2, -0.15) is 0 Å². The zero-order valence-electron chi connectivity index (χ0n) is 16.3. The van der Waals surface area contributed by atoms with E-state index >= 15 is 0 Å². The lowest BCUT2D eigenvalue weighted by molar-refractivity contribution is -0.132. The van der Waals surface area contributed by atoms with Crippen molar-refractivity contribution >= 4 is 18.3 Å². The lowest BCUT2D eigenvalue weighted by Gasteiger charge is -2.24. The smallest absolute Gasteiger partial charge is 0.237 e. The highest BCUT2D eigenvalue weighted by Crippen LogP contribution is 2.31. The molecule has 0 spiro atoms. The van der Waals surface area contributed by atoms with Crippen LogP contribution in [-0.4, -0.2) is 48.4 Å². The highest BCUT2D eigenvalue weighted by Gasteiger charge is 2.34. The van der Waals surface area contributed by atoms with Crippen LogP contribution < -0.4 is 5.73 Å². The maximum Gasteiger partial charge on any atom is 0.237 e. The van der Waals surface area contributed by atoms with E-state index < -0.39 is 0 Å². The van der Waals surface area contributed by atoms with Crippen LogP contribution in [0.3, 0.4) is 0 Å². The largest absolute Gasteiger partial charge is 0.338 e. The lowest BCUT2D eigenvalue weighted by atomic mass is 9.89. The summed E-state index contributed by atoms with van der Waals surface area (Å²) in [6.07, 6.45) is 0. The maximum absolute atomic E-state index is 13.4. The van der Waals surface area contributed by atoms with E-state index in [2.05, 4.69) is 29.2 Å². The number of amides is 1. The zero-order chi connectivity index (χ0) is 19.2. The van der Waals surface area contributed by atoms with Gasteiger partial charge in [0, 0.05) is 32.1 Å². The van der Waals surface area contributed by atoms with E-state index in [1.165, 1.54) is 17.7 Å². The molecule has 2 N–H and O–H groups in total.